The molecule has 15 atom stereocenters. The highest BCUT2D eigenvalue weighted by Gasteiger charge is 2.40. The van der Waals surface area contributed by atoms with Crippen LogP contribution in [0.5, 0.6) is 5.75 Å². The van der Waals surface area contributed by atoms with Crippen LogP contribution in [0, 0.1) is 17.2 Å². The average molecular weight is 1930 g/mol. The normalized spacial score (nSPS) is 14.3. The number of phenols is 1. The summed E-state index contributed by atoms with van der Waals surface area (Å²) in [5.74, 6) is -27.8. The number of primary amides is 1. The van der Waals surface area contributed by atoms with Gasteiger partial charge in [0.25, 0.3) is 0 Å². The summed E-state index contributed by atoms with van der Waals surface area (Å²) >= 11 is 0. The number of imidazole rings is 2. The number of rotatable bonds is 64. The van der Waals surface area contributed by atoms with Crippen molar-refractivity contribution in [1.82, 2.24) is 105 Å². The number of benzene rings is 2. The van der Waals surface area contributed by atoms with Gasteiger partial charge in [-0.1, -0.05) is 70.2 Å². The number of carbonyl (C=O) groups is 21. The summed E-state index contributed by atoms with van der Waals surface area (Å²) in [5.41, 5.74) is 23.2. The van der Waals surface area contributed by atoms with E-state index in [1.807, 2.05) is 0 Å². The number of aromatic hydroxyl groups is 1. The largest absolute Gasteiger partial charge is 0.508 e. The number of nitrogens with one attached hydrogen (secondary N) is 19. The summed E-state index contributed by atoms with van der Waals surface area (Å²) in [5, 5.41) is 115. The van der Waals surface area contributed by atoms with Crippen LogP contribution < -0.4 is 108 Å². The van der Waals surface area contributed by atoms with Gasteiger partial charge in [-0.25, -0.2) is 14.8 Å². The predicted molar refractivity (Wildman–Crippen MR) is 478 cm³/mol. The van der Waals surface area contributed by atoms with Gasteiger partial charge in [-0.2, -0.15) is 0 Å². The van der Waals surface area contributed by atoms with Gasteiger partial charge >= 0.3 is 29.8 Å². The topological polar surface area (TPSA) is 878 Å². The highest BCUT2D eigenvalue weighted by molar-refractivity contribution is 6.02. The molecule has 0 saturated heterocycles. The number of guanidine groups is 1. The number of nitrogens with zero attached hydrogens (tertiary/aromatic N) is 2. The van der Waals surface area contributed by atoms with Crippen molar-refractivity contribution in [3.05, 3.63) is 102 Å². The van der Waals surface area contributed by atoms with Gasteiger partial charge in [0.2, 0.25) is 94.5 Å². The molecule has 0 aliphatic carbocycles. The minimum atomic E-state index is -2.20. The number of unbranched alkanes of at least 4 members (excludes halogenated alkanes) is 1. The van der Waals surface area contributed by atoms with Gasteiger partial charge in [-0.3, -0.25) is 101 Å². The molecule has 752 valence electrons. The molecule has 0 fully saturated rings. The molecule has 2 aromatic heterocycles. The number of hydrogen-bond acceptors (Lipinski definition) is 28. The molecule has 2 heterocycles. The Hall–Kier alpha value is -15.3. The van der Waals surface area contributed by atoms with Crippen LogP contribution in [0.1, 0.15) is 147 Å². The first kappa shape index (κ1) is 114. The maximum absolute atomic E-state index is 14.7. The Morgan fingerprint density at radius 2 is 0.803 bits per heavy atom. The molecule has 0 unspecified atom stereocenters. The summed E-state index contributed by atoms with van der Waals surface area (Å²) in [6.07, 6.45) is -2.70. The van der Waals surface area contributed by atoms with Gasteiger partial charge in [-0.15, -0.1) is 0 Å². The molecular formula is C84H123N25O28. The second kappa shape index (κ2) is 58.6. The second-order valence-corrected chi connectivity index (χ2v) is 32.7. The van der Waals surface area contributed by atoms with Crippen molar-refractivity contribution < 1.29 is 136 Å². The fourth-order valence-corrected chi connectivity index (χ4v) is 13.2. The number of hydrogen-bond donors (Lipinski definition) is 30. The number of aromatic amines is 2. The summed E-state index contributed by atoms with van der Waals surface area (Å²) in [6.45, 7) is 5.15. The lowest BCUT2D eigenvalue weighted by Gasteiger charge is -2.29. The van der Waals surface area contributed by atoms with E-state index in [-0.39, 0.29) is 80.2 Å². The molecule has 0 spiro atoms. The summed E-state index contributed by atoms with van der Waals surface area (Å²) in [6, 6.07) is -13.0. The van der Waals surface area contributed by atoms with Crippen LogP contribution in [0.4, 0.5) is 0 Å². The van der Waals surface area contributed by atoms with E-state index in [1.54, 1.807) is 44.2 Å². The lowest BCUT2D eigenvalue weighted by Crippen LogP contribution is -2.61. The van der Waals surface area contributed by atoms with Gasteiger partial charge in [0, 0.05) is 75.3 Å². The van der Waals surface area contributed by atoms with Crippen LogP contribution in [0.25, 0.3) is 0 Å². The number of carboxylic acids is 5. The lowest BCUT2D eigenvalue weighted by atomic mass is 10.00. The van der Waals surface area contributed by atoms with E-state index < -0.39 is 311 Å². The first-order chi connectivity index (χ1) is 64.7. The van der Waals surface area contributed by atoms with Crippen molar-refractivity contribution in [3.8, 4) is 5.75 Å². The Morgan fingerprint density at radius 3 is 1.23 bits per heavy atom. The molecule has 0 radical (unpaired) electrons. The monoisotopic (exact) mass is 1930 g/mol. The number of phenolic OH excluding ortho intramolecular Hbond substituents is 1. The van der Waals surface area contributed by atoms with Crippen molar-refractivity contribution in [2.45, 2.75) is 241 Å². The first-order valence-electron chi connectivity index (χ1n) is 43.5. The quantitative estimate of drug-likeness (QED) is 0.0111. The number of H-pyrrole nitrogens is 2. The summed E-state index contributed by atoms with van der Waals surface area (Å²) < 4.78 is 0. The van der Waals surface area contributed by atoms with Crippen LogP contribution >= 0.6 is 0 Å². The number of aliphatic hydroxyl groups is 1. The maximum Gasteiger partial charge on any atom is 0.326 e. The van der Waals surface area contributed by atoms with E-state index in [9.17, 15) is 131 Å². The zero-order valence-electron chi connectivity index (χ0n) is 75.8. The number of carbonyl (C=O) groups excluding carboxylic acids is 16. The van der Waals surface area contributed by atoms with E-state index in [2.05, 4.69) is 105 Å². The molecule has 4 aromatic rings. The minimum absolute atomic E-state index is 0.0165. The van der Waals surface area contributed by atoms with Gasteiger partial charge in [0.05, 0.1) is 44.7 Å². The highest BCUT2D eigenvalue weighted by Crippen LogP contribution is 2.17. The Labute approximate surface area is 783 Å². The number of nitrogens with two attached hydrogens (primary N) is 4. The number of aromatic nitrogens is 4. The summed E-state index contributed by atoms with van der Waals surface area (Å²) in [7, 11) is 0. The van der Waals surface area contributed by atoms with E-state index in [1.165, 1.54) is 63.2 Å². The average Bonchev–Trinajstić information content (AvgIpc) is 1.71. The molecule has 0 aliphatic heterocycles. The smallest absolute Gasteiger partial charge is 0.326 e. The molecule has 34 N–H and O–H groups in total. The molecule has 16 amide bonds. The van der Waals surface area contributed by atoms with Gasteiger partial charge < -0.3 is 154 Å². The SMILES string of the molecule is CC(C)C[C@H](NC(=O)[C@H](CCCCN)NC(=O)[C@H](CCC(N)=O)NC(=O)[C@H](Cc1cnc[nH]1)NC(=O)[C@@H](NC(=O)[C@H](CCC(=O)O)NC(=O)[C@H](Cc1ccc(O)cc1)NC(=O)CNC(=O)[C@H](CO)NC(=O)[C@H](CC(=O)O)NC(=O)[C@H](Cc1cnc[nH]1)NC(=O)[C@H](CCCNC(=N)N)NC(=O)[C@H](Cc1ccccc1)NC(=O)[C@H](CCC(=O)O)NC(=O)[C@H](C)NC(=O)[C@@H](N)CC(=O)O)C(C)C)C(=O)O. The van der Waals surface area contributed by atoms with E-state index in [4.69, 9.17) is 33.5 Å². The molecule has 4 rings (SSSR count). The fourth-order valence-electron chi connectivity index (χ4n) is 13.2. The molecular weight excluding hydrogens is 1810 g/mol. The Bertz CT molecular complexity index is 4800. The van der Waals surface area contributed by atoms with Crippen molar-refractivity contribution in [2.75, 3.05) is 26.2 Å². The number of amides is 16. The van der Waals surface area contributed by atoms with E-state index in [0.717, 1.165) is 6.92 Å². The van der Waals surface area contributed by atoms with Crippen LogP contribution in [-0.2, 0) is 126 Å². The molecule has 137 heavy (non-hydrogen) atoms. The Morgan fingerprint density at radius 1 is 0.401 bits per heavy atom. The van der Waals surface area contributed by atoms with E-state index >= 15 is 0 Å². The predicted octanol–water partition coefficient (Wildman–Crippen LogP) is -8.52. The third-order valence-corrected chi connectivity index (χ3v) is 20.5. The molecule has 2 aromatic carbocycles. The number of aliphatic carboxylic acids is 5. The molecule has 0 bridgehead atoms. The maximum atomic E-state index is 14.7. The standard InChI is InChI=1S/C84H123N25O28/c1-41(2)28-60(83(136)137)107-73(126)50(14-9-10-26-85)99-74(127)52(20-23-62(87)112)101-79(132)58(32-47-36-91-40-95-47)106-82(135)68(42(3)4)109-76(129)54(22-25-65(116)117)102-77(130)55(30-45-16-18-48(111)19-17-45)97-63(113)37-93-71(124)61(38-110)108-81(134)59(34-67(120)121)105-80(133)57(31-46-35-90-39-94-46)104-72(125)51(15-11-27-92-84(88)89)100-78(131)56(29-44-12-7-6-8-13-44)103-75(128)53(21-24-64(114)115)98-69(122)43(5)96-70(123)49(86)33-66(118)119/h6-8,12-13,16-19,35-36,39-43,49-61,68,110-111H,9-11,14-15,20-34,37-38,85-86H2,1-5H3,(H2,87,112)(H,90,94)(H,91,95)(H,93,124)(H,96,123)(H,97,113)(H,98,122)(H,99,127)(H,100,131)(H,101,132)(H,102,130)(H,103,128)(H,104,125)(H,105,133)(H,106,135)(H,107,126)(H,108,134)(H,109,129)(H,114,115)(H,116,117)(H,118,119)(H,120,121)(H,136,137)(H4,88,89,92)/t43-,49-,50-,51-,52-,53-,54-,55-,56-,57-,58-,59-,60-,61-,68-/m0/s1. The zero-order chi connectivity index (χ0) is 102. The van der Waals surface area contributed by atoms with Crippen LogP contribution in [0.15, 0.2) is 79.6 Å². The second-order valence-electron chi connectivity index (χ2n) is 32.7. The highest BCUT2D eigenvalue weighted by atomic mass is 16.4. The van der Waals surface area contributed by atoms with Crippen molar-refractivity contribution in [1.29, 1.82) is 5.41 Å². The summed E-state index contributed by atoms with van der Waals surface area (Å²) in [4.78, 5) is 298. The van der Waals surface area contributed by atoms with Crippen LogP contribution in [-0.4, -0.2) is 303 Å². The van der Waals surface area contributed by atoms with Gasteiger partial charge in [-0.05, 0) is 106 Å². The molecule has 0 saturated carbocycles. The minimum Gasteiger partial charge on any atom is -0.508 e. The number of aliphatic hydroxyl groups excluding tert-OH is 1. The third kappa shape index (κ3) is 43.1. The van der Waals surface area contributed by atoms with Gasteiger partial charge in [0.15, 0.2) is 5.96 Å². The van der Waals surface area contributed by atoms with Gasteiger partial charge in [0.1, 0.15) is 90.3 Å². The number of carboxylic acid groups (broad SMARTS) is 5. The van der Waals surface area contributed by atoms with Crippen LogP contribution in [0.3, 0.4) is 0 Å². The zero-order valence-corrected chi connectivity index (χ0v) is 75.8. The van der Waals surface area contributed by atoms with E-state index in [0.29, 0.717) is 12.0 Å². The Kier molecular flexibility index (Phi) is 48.8. The Balaban J connectivity index is 1.60. The first-order valence-corrected chi connectivity index (χ1v) is 43.5. The third-order valence-electron chi connectivity index (χ3n) is 20.5. The molecule has 0 aliphatic rings. The van der Waals surface area contributed by atoms with Crippen molar-refractivity contribution in [3.63, 3.8) is 0 Å². The molecule has 53 nitrogen and oxygen atoms in total. The van der Waals surface area contributed by atoms with Crippen LogP contribution in [0.2, 0.25) is 0 Å². The van der Waals surface area contributed by atoms with Crippen molar-refractivity contribution >= 4 is 130 Å². The fraction of sp³-hybridized carbons (Fsp3) is 0.524. The molecule has 53 heteroatoms. The lowest BCUT2D eigenvalue weighted by molar-refractivity contribution is -0.143. The van der Waals surface area contributed by atoms with Crippen molar-refractivity contribution in [2.24, 2.45) is 34.8 Å².